The largest absolute Gasteiger partial charge is 0.501 e. The summed E-state index contributed by atoms with van der Waals surface area (Å²) >= 11 is 6.24. The van der Waals surface area contributed by atoms with Gasteiger partial charge in [-0.05, 0) is 115 Å². The molecule has 1 aliphatic carbocycles. The number of ether oxygens (including phenoxy) is 1. The van der Waals surface area contributed by atoms with E-state index in [0.717, 1.165) is 51.0 Å². The first-order chi connectivity index (χ1) is 34.4. The molecule has 2 aliphatic heterocycles. The number of fused-ring (bicyclic) bond motifs is 1. The Labute approximate surface area is 429 Å². The number of hydrogen-bond donors (Lipinski definition) is 2. The minimum absolute atomic E-state index is 0.0271. The number of allylic oxidation sites excluding steroid dienone is 1. The van der Waals surface area contributed by atoms with Gasteiger partial charge in [-0.2, -0.15) is 17.5 Å². The maximum Gasteiger partial charge on any atom is 0.501 e. The SMILES string of the molecule is CC(=O)N=S1(=O)CCN(CC[C@H](C)Cc2ccc(S(=O)(=O)NC(=O)c3ccc(N4CCN(CC5=C(c6ccc(Cl)cc6)CC(C)(C)CC5)CC4)cc3Oc3cnc4[nH]ccc4c3)cc2S(=O)(=O)C(F)(F)F)CC1. The summed E-state index contributed by atoms with van der Waals surface area (Å²) in [6.45, 7) is 12.3. The van der Waals surface area contributed by atoms with E-state index in [4.69, 9.17) is 16.3 Å². The molecule has 5 aromatic rings. The number of sulfone groups is 1. The van der Waals surface area contributed by atoms with Crippen molar-refractivity contribution in [1.29, 1.82) is 0 Å². The molecule has 4 heterocycles. The molecule has 0 radical (unpaired) electrons. The number of amides is 2. The first-order valence-corrected chi connectivity index (χ1v) is 29.2. The number of piperazine rings is 1. The molecular formula is C51H59ClF3N7O8S3. The minimum Gasteiger partial charge on any atom is -0.455 e. The van der Waals surface area contributed by atoms with E-state index in [0.29, 0.717) is 67.0 Å². The van der Waals surface area contributed by atoms with Crippen molar-refractivity contribution in [1.82, 2.24) is 24.5 Å². The Morgan fingerprint density at radius 1 is 0.945 bits per heavy atom. The van der Waals surface area contributed by atoms with Crippen molar-refractivity contribution in [2.24, 2.45) is 15.7 Å². The van der Waals surface area contributed by atoms with Crippen molar-refractivity contribution >= 4 is 75.3 Å². The molecule has 2 N–H and O–H groups in total. The zero-order chi connectivity index (χ0) is 52.5. The summed E-state index contributed by atoms with van der Waals surface area (Å²) in [4.78, 5) is 37.3. The summed E-state index contributed by atoms with van der Waals surface area (Å²) in [6, 6.07) is 18.6. The third kappa shape index (κ3) is 13.0. The number of sulfonamides is 1. The zero-order valence-corrected chi connectivity index (χ0v) is 44.2. The fraction of sp³-hybridized carbons (Fsp3) is 0.431. The molecule has 0 spiro atoms. The van der Waals surface area contributed by atoms with Gasteiger partial charge in [-0.3, -0.25) is 14.5 Å². The van der Waals surface area contributed by atoms with Crippen LogP contribution in [-0.2, 0) is 40.8 Å². The Bertz CT molecular complexity index is 3280. The molecule has 0 unspecified atom stereocenters. The number of carbonyl (C=O) groups is 2. The highest BCUT2D eigenvalue weighted by Crippen LogP contribution is 2.44. The average Bonchev–Trinajstić information content (AvgIpc) is 3.80. The van der Waals surface area contributed by atoms with Gasteiger partial charge in [0.15, 0.2) is 0 Å². The van der Waals surface area contributed by atoms with E-state index in [1.165, 1.54) is 35.9 Å². The van der Waals surface area contributed by atoms with E-state index in [1.54, 1.807) is 37.4 Å². The Kier molecular flexibility index (Phi) is 15.9. The third-order valence-electron chi connectivity index (χ3n) is 13.8. The first kappa shape index (κ1) is 54.0. The number of anilines is 1. The van der Waals surface area contributed by atoms with E-state index in [-0.39, 0.29) is 51.9 Å². The average molecular weight is 1090 g/mol. The lowest BCUT2D eigenvalue weighted by atomic mass is 9.72. The number of aromatic nitrogens is 2. The lowest BCUT2D eigenvalue weighted by Crippen LogP contribution is -2.47. The molecule has 2 aromatic heterocycles. The van der Waals surface area contributed by atoms with Crippen LogP contribution in [0.5, 0.6) is 11.5 Å². The van der Waals surface area contributed by atoms with Crippen LogP contribution in [0.1, 0.15) is 74.9 Å². The fourth-order valence-corrected chi connectivity index (χ4v) is 13.8. The second kappa shape index (κ2) is 21.5. The van der Waals surface area contributed by atoms with Gasteiger partial charge in [0.05, 0.1) is 31.3 Å². The Morgan fingerprint density at radius 3 is 2.34 bits per heavy atom. The second-order valence-corrected chi connectivity index (χ2v) is 26.5. The van der Waals surface area contributed by atoms with E-state index < -0.39 is 56.7 Å². The number of carbonyl (C=O) groups excluding carboxylic acids is 2. The van der Waals surface area contributed by atoms with Crippen molar-refractivity contribution in [3.8, 4) is 11.5 Å². The normalized spacial score (nSPS) is 18.4. The summed E-state index contributed by atoms with van der Waals surface area (Å²) in [5, 5.41) is 1.39. The maximum absolute atomic E-state index is 14.2. The molecule has 22 heteroatoms. The van der Waals surface area contributed by atoms with E-state index in [1.807, 2.05) is 21.8 Å². The number of pyridine rings is 1. The van der Waals surface area contributed by atoms with Gasteiger partial charge in [-0.1, -0.05) is 56.1 Å². The van der Waals surface area contributed by atoms with Crippen LogP contribution in [0.15, 0.2) is 105 Å². The number of aromatic amines is 1. The molecule has 73 heavy (non-hydrogen) atoms. The maximum atomic E-state index is 14.2. The van der Waals surface area contributed by atoms with Crippen LogP contribution in [-0.4, -0.2) is 122 Å². The molecule has 8 rings (SSSR count). The van der Waals surface area contributed by atoms with Gasteiger partial charge in [0, 0.05) is 92.6 Å². The molecule has 0 saturated carbocycles. The zero-order valence-electron chi connectivity index (χ0n) is 41.0. The lowest BCUT2D eigenvalue weighted by Gasteiger charge is -2.39. The monoisotopic (exact) mass is 1090 g/mol. The molecule has 2 amide bonds. The molecule has 0 bridgehead atoms. The molecule has 392 valence electrons. The summed E-state index contributed by atoms with van der Waals surface area (Å²) in [5.74, 6) is -1.48. The Balaban J connectivity index is 1.00. The van der Waals surface area contributed by atoms with Crippen LogP contribution in [0, 0.1) is 11.3 Å². The van der Waals surface area contributed by atoms with Crippen molar-refractivity contribution in [3.05, 3.63) is 112 Å². The number of halogens is 4. The predicted octanol–water partition coefficient (Wildman–Crippen LogP) is 9.11. The third-order valence-corrected chi connectivity index (χ3v) is 19.1. The number of hydrogen-bond acceptors (Lipinski definition) is 12. The van der Waals surface area contributed by atoms with E-state index in [2.05, 4.69) is 50.1 Å². The minimum atomic E-state index is -6.07. The highest BCUT2D eigenvalue weighted by Gasteiger charge is 2.48. The van der Waals surface area contributed by atoms with Gasteiger partial charge >= 0.3 is 5.51 Å². The smallest absolute Gasteiger partial charge is 0.455 e. The Hall–Kier alpha value is -5.32. The molecule has 15 nitrogen and oxygen atoms in total. The molecule has 1 atom stereocenters. The number of alkyl halides is 3. The number of benzene rings is 3. The number of nitrogens with one attached hydrogen (secondary N) is 2. The second-order valence-electron chi connectivity index (χ2n) is 19.9. The molecular weight excluding hydrogens is 1030 g/mol. The molecule has 3 aromatic carbocycles. The summed E-state index contributed by atoms with van der Waals surface area (Å²) < 4.78 is 121. The first-order valence-electron chi connectivity index (χ1n) is 24.0. The molecule has 2 saturated heterocycles. The van der Waals surface area contributed by atoms with Crippen LogP contribution in [0.4, 0.5) is 18.9 Å². The van der Waals surface area contributed by atoms with Crippen LogP contribution >= 0.6 is 11.6 Å². The molecule has 2 fully saturated rings. The standard InChI is InChI=1S/C51H59ClF3N7O8S3/c1-34(15-18-60-23-25-71(65,26-24-60)58-35(2)63)27-37-7-11-43(30-47(37)72(66,67)51(53,54)55)73(68,69)59-49(64)44-12-10-41(29-46(44)70-42-28-38-14-17-56-48(38)57-32-42)62-21-19-61(20-22-62)33-39-13-16-50(3,4)31-45(39)36-5-8-40(52)9-6-36/h5-12,14,17,28-30,32,34H,13,15-16,18-27,31,33H2,1-4H3,(H,56,57)(H,59,64)/t34-/m0/s1. The van der Waals surface area contributed by atoms with Gasteiger partial charge in [-0.25, -0.2) is 30.8 Å². The Morgan fingerprint density at radius 2 is 1.66 bits per heavy atom. The predicted molar refractivity (Wildman–Crippen MR) is 277 cm³/mol. The molecule has 3 aliphatic rings. The van der Waals surface area contributed by atoms with Gasteiger partial charge < -0.3 is 19.5 Å². The van der Waals surface area contributed by atoms with Gasteiger partial charge in [0.25, 0.3) is 31.7 Å². The number of rotatable bonds is 15. The fourth-order valence-electron chi connectivity index (χ4n) is 9.65. The highest BCUT2D eigenvalue weighted by molar-refractivity contribution is 7.94. The van der Waals surface area contributed by atoms with Crippen LogP contribution in [0.25, 0.3) is 16.6 Å². The lowest BCUT2D eigenvalue weighted by molar-refractivity contribution is -0.115. The van der Waals surface area contributed by atoms with Crippen LogP contribution < -0.4 is 14.4 Å². The van der Waals surface area contributed by atoms with Crippen molar-refractivity contribution in [3.63, 3.8) is 0 Å². The quantitative estimate of drug-likeness (QED) is 0.101. The van der Waals surface area contributed by atoms with Crippen molar-refractivity contribution in [2.75, 3.05) is 68.8 Å². The van der Waals surface area contributed by atoms with Gasteiger partial charge in [0.1, 0.15) is 17.1 Å². The van der Waals surface area contributed by atoms with Crippen molar-refractivity contribution < 1.29 is 48.5 Å². The van der Waals surface area contributed by atoms with E-state index in [9.17, 15) is 43.8 Å². The summed E-state index contributed by atoms with van der Waals surface area (Å²) in [6.07, 6.45) is 6.42. The van der Waals surface area contributed by atoms with Gasteiger partial charge in [-0.15, -0.1) is 0 Å². The summed E-state index contributed by atoms with van der Waals surface area (Å²) in [7, 11) is -13.7. The number of nitrogens with zero attached hydrogens (tertiary/aromatic N) is 5. The van der Waals surface area contributed by atoms with E-state index >= 15 is 0 Å². The van der Waals surface area contributed by atoms with Gasteiger partial charge in [0.2, 0.25) is 0 Å². The van der Waals surface area contributed by atoms with Crippen LogP contribution in [0.2, 0.25) is 5.02 Å². The number of H-pyrrole nitrogens is 1. The highest BCUT2D eigenvalue weighted by atomic mass is 35.5. The van der Waals surface area contributed by atoms with Crippen LogP contribution in [0.3, 0.4) is 0 Å². The summed E-state index contributed by atoms with van der Waals surface area (Å²) in [5.41, 5.74) is -0.848. The topological polar surface area (TPSA) is 192 Å². The van der Waals surface area contributed by atoms with Crippen molar-refractivity contribution in [2.45, 2.75) is 75.1 Å².